The average molecular weight is 228 g/mol. The molecule has 17 heavy (non-hydrogen) atoms. The highest BCUT2D eigenvalue weighted by Crippen LogP contribution is 2.61. The molecular formula is C13H16N4. The van der Waals surface area contributed by atoms with Crippen molar-refractivity contribution in [1.29, 1.82) is 0 Å². The Bertz CT molecular complexity index is 551. The standard InChI is InChI=1S/C13H16N4/c1-2-10(1)13(5-6-13)9-14-11-4-8-17-12(16-11)3-7-15-17/h3-4,7-8,10H,1-2,5-6,9H2,(H,14,16). The first-order valence-electron chi connectivity index (χ1n) is 6.40. The molecule has 2 saturated carbocycles. The summed E-state index contributed by atoms with van der Waals surface area (Å²) < 4.78 is 1.79. The molecule has 0 atom stereocenters. The molecule has 1 N–H and O–H groups in total. The molecule has 2 aliphatic rings. The lowest BCUT2D eigenvalue weighted by atomic mass is 10.0. The minimum absolute atomic E-state index is 0.619. The molecule has 0 aromatic carbocycles. The summed E-state index contributed by atoms with van der Waals surface area (Å²) in [4.78, 5) is 4.54. The van der Waals surface area contributed by atoms with Gasteiger partial charge < -0.3 is 5.32 Å². The summed E-state index contributed by atoms with van der Waals surface area (Å²) in [6, 6.07) is 3.93. The summed E-state index contributed by atoms with van der Waals surface area (Å²) in [5, 5.41) is 7.64. The molecule has 0 spiro atoms. The first-order chi connectivity index (χ1) is 8.36. The highest BCUT2D eigenvalue weighted by atomic mass is 15.2. The maximum absolute atomic E-state index is 4.54. The zero-order chi connectivity index (χ0) is 11.3. The van der Waals surface area contributed by atoms with Crippen LogP contribution in [0.1, 0.15) is 25.7 Å². The second-order valence-electron chi connectivity index (χ2n) is 5.44. The summed E-state index contributed by atoms with van der Waals surface area (Å²) in [5.74, 6) is 1.97. The second-order valence-corrected chi connectivity index (χ2v) is 5.44. The highest BCUT2D eigenvalue weighted by molar-refractivity contribution is 5.45. The van der Waals surface area contributed by atoms with E-state index in [1.807, 2.05) is 18.3 Å². The summed E-state index contributed by atoms with van der Waals surface area (Å²) in [7, 11) is 0. The summed E-state index contributed by atoms with van der Waals surface area (Å²) in [6.45, 7) is 1.09. The van der Waals surface area contributed by atoms with Gasteiger partial charge in [-0.05, 0) is 43.1 Å². The van der Waals surface area contributed by atoms with Gasteiger partial charge in [0.15, 0.2) is 5.65 Å². The fourth-order valence-corrected chi connectivity index (χ4v) is 2.76. The van der Waals surface area contributed by atoms with Gasteiger partial charge in [-0.25, -0.2) is 9.50 Å². The Morgan fingerprint density at radius 3 is 3.00 bits per heavy atom. The van der Waals surface area contributed by atoms with E-state index in [2.05, 4.69) is 15.4 Å². The van der Waals surface area contributed by atoms with Crippen LogP contribution in [0, 0.1) is 11.3 Å². The lowest BCUT2D eigenvalue weighted by Crippen LogP contribution is -2.18. The topological polar surface area (TPSA) is 42.2 Å². The first kappa shape index (κ1) is 9.45. The van der Waals surface area contributed by atoms with Gasteiger partial charge >= 0.3 is 0 Å². The molecule has 2 fully saturated rings. The van der Waals surface area contributed by atoms with Crippen LogP contribution in [0.4, 0.5) is 5.82 Å². The van der Waals surface area contributed by atoms with E-state index in [0.717, 1.165) is 23.9 Å². The van der Waals surface area contributed by atoms with Crippen LogP contribution in [0.2, 0.25) is 0 Å². The van der Waals surface area contributed by atoms with Crippen molar-refractivity contribution in [1.82, 2.24) is 14.6 Å². The van der Waals surface area contributed by atoms with E-state index in [0.29, 0.717) is 5.41 Å². The molecule has 0 bridgehead atoms. The molecule has 0 unspecified atom stereocenters. The molecule has 2 aromatic rings. The van der Waals surface area contributed by atoms with Gasteiger partial charge in [0.25, 0.3) is 0 Å². The Hall–Kier alpha value is -1.58. The monoisotopic (exact) mass is 228 g/mol. The minimum Gasteiger partial charge on any atom is -0.369 e. The number of aromatic nitrogens is 3. The average Bonchev–Trinajstić information content (AvgIpc) is 3.23. The SMILES string of the molecule is c1cc2nc(NCC3(C4CC4)CC3)ccn2n1. The van der Waals surface area contributed by atoms with E-state index < -0.39 is 0 Å². The van der Waals surface area contributed by atoms with Crippen molar-refractivity contribution in [2.45, 2.75) is 25.7 Å². The van der Waals surface area contributed by atoms with Crippen LogP contribution >= 0.6 is 0 Å². The van der Waals surface area contributed by atoms with Crippen molar-refractivity contribution in [2.24, 2.45) is 11.3 Å². The Morgan fingerprint density at radius 1 is 1.35 bits per heavy atom. The van der Waals surface area contributed by atoms with Crippen molar-refractivity contribution in [3.05, 3.63) is 24.5 Å². The van der Waals surface area contributed by atoms with Crippen molar-refractivity contribution < 1.29 is 0 Å². The van der Waals surface area contributed by atoms with Crippen LogP contribution in [0.15, 0.2) is 24.5 Å². The molecule has 4 rings (SSSR count). The molecule has 4 nitrogen and oxygen atoms in total. The van der Waals surface area contributed by atoms with Crippen LogP contribution in [-0.4, -0.2) is 21.1 Å². The minimum atomic E-state index is 0.619. The zero-order valence-electron chi connectivity index (χ0n) is 9.76. The lowest BCUT2D eigenvalue weighted by Gasteiger charge is -2.15. The van der Waals surface area contributed by atoms with Gasteiger partial charge in [0.05, 0.1) is 6.20 Å². The predicted molar refractivity (Wildman–Crippen MR) is 65.9 cm³/mol. The van der Waals surface area contributed by atoms with Gasteiger partial charge in [0.1, 0.15) is 5.82 Å². The van der Waals surface area contributed by atoms with E-state index in [-0.39, 0.29) is 0 Å². The van der Waals surface area contributed by atoms with Gasteiger partial charge in [0.2, 0.25) is 0 Å². The third-order valence-corrected chi connectivity index (χ3v) is 4.22. The molecule has 2 aromatic heterocycles. The highest BCUT2D eigenvalue weighted by Gasteiger charge is 2.53. The van der Waals surface area contributed by atoms with E-state index in [4.69, 9.17) is 0 Å². The second kappa shape index (κ2) is 3.22. The third kappa shape index (κ3) is 1.59. The van der Waals surface area contributed by atoms with E-state index in [9.17, 15) is 0 Å². The van der Waals surface area contributed by atoms with E-state index in [1.54, 1.807) is 10.7 Å². The number of nitrogens with zero attached hydrogens (tertiary/aromatic N) is 3. The normalized spacial score (nSPS) is 21.6. The number of hydrogen-bond acceptors (Lipinski definition) is 3. The van der Waals surface area contributed by atoms with Crippen LogP contribution in [0.3, 0.4) is 0 Å². The third-order valence-electron chi connectivity index (χ3n) is 4.22. The van der Waals surface area contributed by atoms with E-state index >= 15 is 0 Å². The Kier molecular flexibility index (Phi) is 1.79. The molecule has 0 amide bonds. The largest absolute Gasteiger partial charge is 0.369 e. The van der Waals surface area contributed by atoms with E-state index in [1.165, 1.54) is 25.7 Å². The molecule has 2 heterocycles. The van der Waals surface area contributed by atoms with Crippen LogP contribution < -0.4 is 5.32 Å². The molecule has 0 radical (unpaired) electrons. The quantitative estimate of drug-likeness (QED) is 0.873. The first-order valence-corrected chi connectivity index (χ1v) is 6.40. The summed E-state index contributed by atoms with van der Waals surface area (Å²) >= 11 is 0. The number of fused-ring (bicyclic) bond motifs is 1. The van der Waals surface area contributed by atoms with Crippen molar-refractivity contribution in [3.63, 3.8) is 0 Å². The van der Waals surface area contributed by atoms with Crippen LogP contribution in [-0.2, 0) is 0 Å². The van der Waals surface area contributed by atoms with Gasteiger partial charge in [-0.2, -0.15) is 5.10 Å². The summed E-state index contributed by atoms with van der Waals surface area (Å²) in [6.07, 6.45) is 9.42. The maximum Gasteiger partial charge on any atom is 0.157 e. The molecule has 4 heteroatoms. The Morgan fingerprint density at radius 2 is 2.24 bits per heavy atom. The van der Waals surface area contributed by atoms with Gasteiger partial charge in [-0.1, -0.05) is 0 Å². The fraction of sp³-hybridized carbons (Fsp3) is 0.538. The van der Waals surface area contributed by atoms with Crippen LogP contribution in [0.5, 0.6) is 0 Å². The number of nitrogens with one attached hydrogen (secondary N) is 1. The number of hydrogen-bond donors (Lipinski definition) is 1. The predicted octanol–water partition coefficient (Wildman–Crippen LogP) is 2.33. The number of rotatable bonds is 4. The number of anilines is 1. The molecule has 0 saturated heterocycles. The van der Waals surface area contributed by atoms with Gasteiger partial charge in [-0.3, -0.25) is 0 Å². The summed E-state index contributed by atoms with van der Waals surface area (Å²) in [5.41, 5.74) is 1.53. The molecular weight excluding hydrogens is 212 g/mol. The lowest BCUT2D eigenvalue weighted by molar-refractivity contribution is 0.466. The molecule has 88 valence electrons. The van der Waals surface area contributed by atoms with Gasteiger partial charge in [0, 0.05) is 18.8 Å². The van der Waals surface area contributed by atoms with Crippen molar-refractivity contribution >= 4 is 11.5 Å². The van der Waals surface area contributed by atoms with Crippen LogP contribution in [0.25, 0.3) is 5.65 Å². The van der Waals surface area contributed by atoms with Crippen molar-refractivity contribution in [3.8, 4) is 0 Å². The fourth-order valence-electron chi connectivity index (χ4n) is 2.76. The Balaban J connectivity index is 1.51. The maximum atomic E-state index is 4.54. The molecule has 0 aliphatic heterocycles. The molecule has 2 aliphatic carbocycles. The zero-order valence-corrected chi connectivity index (χ0v) is 9.76. The Labute approximate surface area is 100 Å². The smallest absolute Gasteiger partial charge is 0.157 e. The van der Waals surface area contributed by atoms with Crippen molar-refractivity contribution in [2.75, 3.05) is 11.9 Å². The van der Waals surface area contributed by atoms with Gasteiger partial charge in [-0.15, -0.1) is 0 Å².